The van der Waals surface area contributed by atoms with Crippen LogP contribution in [0.5, 0.6) is 0 Å². The van der Waals surface area contributed by atoms with E-state index < -0.39 is 10.0 Å². The first-order valence-electron chi connectivity index (χ1n) is 10.1. The van der Waals surface area contributed by atoms with Crippen molar-refractivity contribution in [1.29, 1.82) is 0 Å². The lowest BCUT2D eigenvalue weighted by Crippen LogP contribution is -2.45. The monoisotopic (exact) mass is 417 g/mol. The molecule has 1 aromatic carbocycles. The highest BCUT2D eigenvalue weighted by Gasteiger charge is 2.31. The standard InChI is InChI=1S/C20H27N5O3S/c1-14-5-3-4-6-17(14)25(29(2,27)28)13-18(26)24-11-9-16(10-12-24)20-21-19(22-23-20)15-7-8-15/h3-6,15-16H,7-13H2,1-2H3,(H,21,22,23). The second-order valence-corrected chi connectivity index (χ2v) is 9.97. The number of carbonyl (C=O) groups excluding carboxylic acids is 1. The van der Waals surface area contributed by atoms with Gasteiger partial charge >= 0.3 is 0 Å². The van der Waals surface area contributed by atoms with Crippen molar-refractivity contribution in [2.45, 2.75) is 44.4 Å². The third-order valence-corrected chi connectivity index (χ3v) is 6.89. The summed E-state index contributed by atoms with van der Waals surface area (Å²) in [6, 6.07) is 7.21. The molecule has 1 aliphatic heterocycles. The fourth-order valence-electron chi connectivity index (χ4n) is 3.84. The summed E-state index contributed by atoms with van der Waals surface area (Å²) in [5.74, 6) is 2.44. The third kappa shape index (κ3) is 4.44. The van der Waals surface area contributed by atoms with Gasteiger partial charge in [0.15, 0.2) is 5.82 Å². The van der Waals surface area contributed by atoms with Crippen molar-refractivity contribution in [2.75, 3.05) is 30.2 Å². The Balaban J connectivity index is 1.39. The van der Waals surface area contributed by atoms with E-state index in [0.717, 1.165) is 36.3 Å². The number of para-hydroxylation sites is 1. The van der Waals surface area contributed by atoms with E-state index in [9.17, 15) is 13.2 Å². The maximum atomic E-state index is 12.9. The number of nitrogens with zero attached hydrogens (tertiary/aromatic N) is 4. The normalized spacial score (nSPS) is 18.1. The predicted octanol–water partition coefficient (Wildman–Crippen LogP) is 2.16. The Morgan fingerprint density at radius 2 is 1.86 bits per heavy atom. The number of sulfonamides is 1. The molecule has 4 rings (SSSR count). The molecule has 29 heavy (non-hydrogen) atoms. The second kappa shape index (κ2) is 7.78. The number of anilines is 1. The zero-order valence-electron chi connectivity index (χ0n) is 16.8. The first-order valence-corrected chi connectivity index (χ1v) is 11.9. The Labute approximate surface area is 171 Å². The van der Waals surface area contributed by atoms with Crippen molar-refractivity contribution in [3.8, 4) is 0 Å². The van der Waals surface area contributed by atoms with Crippen LogP contribution in [0.2, 0.25) is 0 Å². The maximum Gasteiger partial charge on any atom is 0.243 e. The van der Waals surface area contributed by atoms with Crippen LogP contribution in [0.15, 0.2) is 24.3 Å². The summed E-state index contributed by atoms with van der Waals surface area (Å²) in [6.45, 7) is 2.85. The van der Waals surface area contributed by atoms with Crippen molar-refractivity contribution < 1.29 is 13.2 Å². The lowest BCUT2D eigenvalue weighted by Gasteiger charge is -2.33. The van der Waals surface area contributed by atoms with Gasteiger partial charge in [-0.3, -0.25) is 14.2 Å². The van der Waals surface area contributed by atoms with Gasteiger partial charge in [0.25, 0.3) is 0 Å². The van der Waals surface area contributed by atoms with Gasteiger partial charge in [0.05, 0.1) is 11.9 Å². The number of aromatic amines is 1. The highest BCUT2D eigenvalue weighted by atomic mass is 32.2. The number of benzene rings is 1. The van der Waals surface area contributed by atoms with Crippen LogP contribution in [0.3, 0.4) is 0 Å². The SMILES string of the molecule is Cc1ccccc1N(CC(=O)N1CCC(c2nc(C3CC3)n[nH]2)CC1)S(C)(=O)=O. The number of likely N-dealkylation sites (tertiary alicyclic amines) is 1. The average Bonchev–Trinajstić information content (AvgIpc) is 3.43. The van der Waals surface area contributed by atoms with Crippen molar-refractivity contribution >= 4 is 21.6 Å². The van der Waals surface area contributed by atoms with Crippen LogP contribution < -0.4 is 4.31 Å². The van der Waals surface area contributed by atoms with E-state index in [1.807, 2.05) is 19.1 Å². The number of aromatic nitrogens is 3. The van der Waals surface area contributed by atoms with Crippen molar-refractivity contribution in [3.63, 3.8) is 0 Å². The molecule has 8 nitrogen and oxygen atoms in total. The fraction of sp³-hybridized carbons (Fsp3) is 0.550. The van der Waals surface area contributed by atoms with Gasteiger partial charge in [-0.25, -0.2) is 13.4 Å². The molecule has 1 saturated carbocycles. The van der Waals surface area contributed by atoms with Crippen LogP contribution >= 0.6 is 0 Å². The van der Waals surface area contributed by atoms with E-state index in [0.29, 0.717) is 24.7 Å². The molecule has 0 radical (unpaired) electrons. The number of piperidine rings is 1. The quantitative estimate of drug-likeness (QED) is 0.776. The number of aryl methyl sites for hydroxylation is 1. The van der Waals surface area contributed by atoms with Gasteiger partial charge in [-0.05, 0) is 44.2 Å². The van der Waals surface area contributed by atoms with Crippen LogP contribution in [0.25, 0.3) is 0 Å². The number of hydrogen-bond donors (Lipinski definition) is 1. The van der Waals surface area contributed by atoms with Crippen LogP contribution in [-0.4, -0.2) is 60.3 Å². The van der Waals surface area contributed by atoms with Crippen LogP contribution in [-0.2, 0) is 14.8 Å². The van der Waals surface area contributed by atoms with Crippen LogP contribution in [0, 0.1) is 6.92 Å². The number of hydrogen-bond acceptors (Lipinski definition) is 5. The average molecular weight is 418 g/mol. The van der Waals surface area contributed by atoms with E-state index in [2.05, 4.69) is 15.2 Å². The van der Waals surface area contributed by atoms with Crippen molar-refractivity contribution in [1.82, 2.24) is 20.1 Å². The zero-order chi connectivity index (χ0) is 20.6. The van der Waals surface area contributed by atoms with Gasteiger partial charge < -0.3 is 4.90 Å². The molecule has 1 aromatic heterocycles. The van der Waals surface area contributed by atoms with Gasteiger partial charge in [0, 0.05) is 24.9 Å². The molecule has 9 heteroatoms. The zero-order valence-corrected chi connectivity index (χ0v) is 17.7. The highest BCUT2D eigenvalue weighted by Crippen LogP contribution is 2.38. The Kier molecular flexibility index (Phi) is 5.33. The molecule has 1 N–H and O–H groups in total. The Bertz CT molecular complexity index is 991. The minimum atomic E-state index is -3.56. The van der Waals surface area contributed by atoms with Gasteiger partial charge in [-0.15, -0.1) is 0 Å². The summed E-state index contributed by atoms with van der Waals surface area (Å²) >= 11 is 0. The molecule has 2 fully saturated rings. The lowest BCUT2D eigenvalue weighted by atomic mass is 9.96. The molecule has 2 aromatic rings. The molecule has 0 atom stereocenters. The molecule has 0 bridgehead atoms. The Morgan fingerprint density at radius 3 is 2.48 bits per heavy atom. The minimum Gasteiger partial charge on any atom is -0.341 e. The maximum absolute atomic E-state index is 12.9. The molecule has 1 saturated heterocycles. The number of carbonyl (C=O) groups is 1. The topological polar surface area (TPSA) is 99.3 Å². The molecular weight excluding hydrogens is 390 g/mol. The largest absolute Gasteiger partial charge is 0.341 e. The summed E-state index contributed by atoms with van der Waals surface area (Å²) in [5, 5.41) is 7.39. The molecule has 156 valence electrons. The van der Waals surface area contributed by atoms with Crippen molar-refractivity contribution in [2.24, 2.45) is 0 Å². The summed E-state index contributed by atoms with van der Waals surface area (Å²) in [5.41, 5.74) is 1.37. The first-order chi connectivity index (χ1) is 13.8. The van der Waals surface area contributed by atoms with Crippen LogP contribution in [0.1, 0.15) is 54.7 Å². The fourth-order valence-corrected chi connectivity index (χ4v) is 4.75. The van der Waals surface area contributed by atoms with E-state index in [1.165, 1.54) is 17.1 Å². The smallest absolute Gasteiger partial charge is 0.243 e. The van der Waals surface area contributed by atoms with E-state index >= 15 is 0 Å². The minimum absolute atomic E-state index is 0.173. The summed E-state index contributed by atoms with van der Waals surface area (Å²) in [7, 11) is -3.56. The van der Waals surface area contributed by atoms with E-state index in [-0.39, 0.29) is 18.4 Å². The van der Waals surface area contributed by atoms with Gasteiger partial charge in [-0.2, -0.15) is 5.10 Å². The van der Waals surface area contributed by atoms with Gasteiger partial charge in [0.2, 0.25) is 15.9 Å². The Morgan fingerprint density at radius 1 is 1.17 bits per heavy atom. The molecule has 1 aliphatic carbocycles. The molecule has 0 unspecified atom stereocenters. The van der Waals surface area contributed by atoms with Gasteiger partial charge in [0.1, 0.15) is 12.4 Å². The molecule has 0 spiro atoms. The molecule has 1 amide bonds. The molecular formula is C20H27N5O3S. The summed E-state index contributed by atoms with van der Waals surface area (Å²) in [4.78, 5) is 19.3. The first kappa shape index (κ1) is 19.9. The van der Waals surface area contributed by atoms with Gasteiger partial charge in [-0.1, -0.05) is 18.2 Å². The number of nitrogens with one attached hydrogen (secondary N) is 1. The Hall–Kier alpha value is -2.42. The van der Waals surface area contributed by atoms with Crippen molar-refractivity contribution in [3.05, 3.63) is 41.5 Å². The lowest BCUT2D eigenvalue weighted by molar-refractivity contribution is -0.130. The number of amides is 1. The number of H-pyrrole nitrogens is 1. The van der Waals surface area contributed by atoms with Crippen LogP contribution in [0.4, 0.5) is 5.69 Å². The summed E-state index contributed by atoms with van der Waals surface area (Å²) < 4.78 is 25.9. The molecule has 2 aliphatic rings. The molecule has 2 heterocycles. The summed E-state index contributed by atoms with van der Waals surface area (Å²) in [6.07, 6.45) is 5.08. The van der Waals surface area contributed by atoms with E-state index in [1.54, 1.807) is 17.0 Å². The number of rotatable bonds is 6. The third-order valence-electron chi connectivity index (χ3n) is 5.76. The predicted molar refractivity (Wildman–Crippen MR) is 110 cm³/mol. The highest BCUT2D eigenvalue weighted by molar-refractivity contribution is 7.92. The second-order valence-electron chi connectivity index (χ2n) is 8.06. The van der Waals surface area contributed by atoms with E-state index in [4.69, 9.17) is 0 Å².